The largest absolute Gasteiger partial charge is 0.490 e. The first kappa shape index (κ1) is 27.5. The van der Waals surface area contributed by atoms with E-state index in [1.807, 2.05) is 30.9 Å². The van der Waals surface area contributed by atoms with Crippen molar-refractivity contribution in [2.45, 2.75) is 77.3 Å². The zero-order valence-electron chi connectivity index (χ0n) is 24.1. The van der Waals surface area contributed by atoms with Crippen LogP contribution in [0.4, 0.5) is 0 Å². The molecule has 5 fully saturated rings. The zero-order chi connectivity index (χ0) is 27.9. The summed E-state index contributed by atoms with van der Waals surface area (Å²) in [6.07, 6.45) is 8.58. The van der Waals surface area contributed by atoms with Crippen LogP contribution in [0.1, 0.15) is 75.7 Å². The van der Waals surface area contributed by atoms with E-state index in [0.29, 0.717) is 53.7 Å². The predicted molar refractivity (Wildman–Crippen MR) is 153 cm³/mol. The number of hydrogen-bond acceptors (Lipinski definition) is 7. The molecule has 1 amide bonds. The summed E-state index contributed by atoms with van der Waals surface area (Å²) >= 11 is 0. The Morgan fingerprint density at radius 3 is 2.42 bits per heavy atom. The molecule has 1 aromatic heterocycles. The van der Waals surface area contributed by atoms with Crippen LogP contribution in [0.25, 0.3) is 10.9 Å². The standard InChI is InChI=1S/C32H43N3O5/c1-20(2)35(24-6-5-9-33-19-24)30(36)26-15-28(39-11-10-38-3)25-7-4-8-27(29(25)34-26)40-31(37)32-16-21-12-22(17-32)14-23(13-21)18-32/h4,7-8,15,20-24,33H,5-6,9-14,16-19H2,1-3H3/t21?,22?,23?,24-,32?/m1/s1. The average Bonchev–Trinajstić information content (AvgIpc) is 2.93. The number of benzene rings is 1. The second kappa shape index (κ2) is 11.3. The molecule has 8 heteroatoms. The van der Waals surface area contributed by atoms with Gasteiger partial charge in [-0.3, -0.25) is 9.59 Å². The molecule has 40 heavy (non-hydrogen) atoms. The van der Waals surface area contributed by atoms with Crippen molar-refractivity contribution in [3.05, 3.63) is 30.0 Å². The summed E-state index contributed by atoms with van der Waals surface area (Å²) in [6, 6.07) is 7.41. The van der Waals surface area contributed by atoms with Crippen LogP contribution in [0.2, 0.25) is 0 Å². The number of nitrogens with one attached hydrogen (secondary N) is 1. The number of para-hydroxylation sites is 1. The Balaban J connectivity index is 1.35. The van der Waals surface area contributed by atoms with E-state index >= 15 is 0 Å². The number of carbonyl (C=O) groups excluding carboxylic acids is 2. The number of methoxy groups -OCH3 is 1. The van der Waals surface area contributed by atoms with Gasteiger partial charge < -0.3 is 24.4 Å². The molecule has 8 nitrogen and oxygen atoms in total. The quantitative estimate of drug-likeness (QED) is 0.268. The molecule has 2 heterocycles. The molecule has 1 aromatic carbocycles. The van der Waals surface area contributed by atoms with Gasteiger partial charge in [-0.25, -0.2) is 4.98 Å². The molecule has 0 unspecified atom stereocenters. The SMILES string of the molecule is COCCOc1cc(C(=O)N(C(C)C)[C@@H]2CCCNC2)nc2c(OC(=O)C34CC5CC(CC(C5)C3)C4)cccc12. The predicted octanol–water partition coefficient (Wildman–Crippen LogP) is 4.98. The molecule has 1 saturated heterocycles. The molecular formula is C32H43N3O5. The molecule has 0 radical (unpaired) electrons. The fourth-order valence-corrected chi connectivity index (χ4v) is 8.33. The van der Waals surface area contributed by atoms with Gasteiger partial charge in [0.05, 0.1) is 12.0 Å². The number of amides is 1. The van der Waals surface area contributed by atoms with Crippen molar-refractivity contribution in [2.75, 3.05) is 33.4 Å². The number of rotatable bonds is 9. The number of carbonyl (C=O) groups is 2. The number of pyridine rings is 1. The lowest BCUT2D eigenvalue weighted by atomic mass is 9.49. The fraction of sp³-hybridized carbons (Fsp3) is 0.656. The lowest BCUT2D eigenvalue weighted by molar-refractivity contribution is -0.161. The number of nitrogens with zero attached hydrogens (tertiary/aromatic N) is 2. The van der Waals surface area contributed by atoms with Crippen molar-refractivity contribution in [2.24, 2.45) is 23.2 Å². The minimum absolute atomic E-state index is 0.0110. The van der Waals surface area contributed by atoms with Crippen LogP contribution in [-0.4, -0.2) is 67.3 Å². The number of aromatic nitrogens is 1. The van der Waals surface area contributed by atoms with Crippen LogP contribution in [0, 0.1) is 23.2 Å². The van der Waals surface area contributed by atoms with Gasteiger partial charge in [0.2, 0.25) is 0 Å². The molecule has 4 aliphatic carbocycles. The topological polar surface area (TPSA) is 90.0 Å². The number of fused-ring (bicyclic) bond motifs is 1. The number of hydrogen-bond donors (Lipinski definition) is 1. The molecule has 7 rings (SSSR count). The van der Waals surface area contributed by atoms with Crippen LogP contribution < -0.4 is 14.8 Å². The summed E-state index contributed by atoms with van der Waals surface area (Å²) in [5, 5.41) is 4.15. The highest BCUT2D eigenvalue weighted by Gasteiger charge is 2.55. The summed E-state index contributed by atoms with van der Waals surface area (Å²) in [7, 11) is 1.63. The van der Waals surface area contributed by atoms with Crippen LogP contribution in [0.15, 0.2) is 24.3 Å². The van der Waals surface area contributed by atoms with E-state index in [4.69, 9.17) is 19.2 Å². The Bertz CT molecular complexity index is 1220. The Hall–Kier alpha value is -2.71. The second-order valence-electron chi connectivity index (χ2n) is 12.9. The third-order valence-corrected chi connectivity index (χ3v) is 9.66. The number of esters is 1. The normalized spacial score (nSPS) is 29.1. The summed E-state index contributed by atoms with van der Waals surface area (Å²) < 4.78 is 17.5. The fourth-order valence-electron chi connectivity index (χ4n) is 8.33. The average molecular weight is 550 g/mol. The lowest BCUT2D eigenvalue weighted by Crippen LogP contribution is -2.51. The molecule has 4 saturated carbocycles. The smallest absolute Gasteiger partial charge is 0.317 e. The molecule has 5 aliphatic rings. The van der Waals surface area contributed by atoms with Crippen molar-refractivity contribution in [3.8, 4) is 11.5 Å². The third kappa shape index (κ3) is 5.20. The maximum Gasteiger partial charge on any atom is 0.317 e. The van der Waals surface area contributed by atoms with E-state index in [0.717, 1.165) is 50.6 Å². The molecule has 1 atom stereocenters. The van der Waals surface area contributed by atoms with Crippen LogP contribution in [0.5, 0.6) is 11.5 Å². The number of piperidine rings is 1. The van der Waals surface area contributed by atoms with E-state index in [-0.39, 0.29) is 29.4 Å². The first-order valence-corrected chi connectivity index (χ1v) is 15.2. The molecule has 216 valence electrons. The highest BCUT2D eigenvalue weighted by atomic mass is 16.5. The number of ether oxygens (including phenoxy) is 3. The van der Waals surface area contributed by atoms with Gasteiger partial charge in [0.15, 0.2) is 5.75 Å². The molecule has 1 N–H and O–H groups in total. The Morgan fingerprint density at radius 1 is 1.07 bits per heavy atom. The van der Waals surface area contributed by atoms with E-state index in [2.05, 4.69) is 5.32 Å². The van der Waals surface area contributed by atoms with Gasteiger partial charge in [0.25, 0.3) is 5.91 Å². The molecule has 0 spiro atoms. The monoisotopic (exact) mass is 549 g/mol. The maximum atomic E-state index is 14.0. The summed E-state index contributed by atoms with van der Waals surface area (Å²) in [5.74, 6) is 2.62. The minimum Gasteiger partial charge on any atom is -0.490 e. The molecule has 2 aromatic rings. The van der Waals surface area contributed by atoms with Crippen molar-refractivity contribution in [1.82, 2.24) is 15.2 Å². The van der Waals surface area contributed by atoms with E-state index in [1.54, 1.807) is 19.2 Å². The van der Waals surface area contributed by atoms with Gasteiger partial charge in [-0.2, -0.15) is 0 Å². The van der Waals surface area contributed by atoms with E-state index < -0.39 is 0 Å². The lowest BCUT2D eigenvalue weighted by Gasteiger charge is -2.55. The van der Waals surface area contributed by atoms with Gasteiger partial charge in [0, 0.05) is 37.2 Å². The highest BCUT2D eigenvalue weighted by molar-refractivity contribution is 5.99. The van der Waals surface area contributed by atoms with Gasteiger partial charge >= 0.3 is 5.97 Å². The van der Waals surface area contributed by atoms with Crippen molar-refractivity contribution in [1.29, 1.82) is 0 Å². The second-order valence-corrected chi connectivity index (χ2v) is 12.9. The summed E-state index contributed by atoms with van der Waals surface area (Å²) in [5.41, 5.74) is 0.409. The first-order chi connectivity index (χ1) is 19.4. The Labute approximate surface area is 237 Å². The first-order valence-electron chi connectivity index (χ1n) is 15.2. The molecular weight excluding hydrogens is 506 g/mol. The van der Waals surface area contributed by atoms with Gasteiger partial charge in [0.1, 0.15) is 23.6 Å². The van der Waals surface area contributed by atoms with Crippen molar-refractivity contribution >= 4 is 22.8 Å². The molecule has 4 bridgehead atoms. The van der Waals surface area contributed by atoms with Crippen LogP contribution in [-0.2, 0) is 9.53 Å². The van der Waals surface area contributed by atoms with E-state index in [9.17, 15) is 9.59 Å². The van der Waals surface area contributed by atoms with Crippen LogP contribution in [0.3, 0.4) is 0 Å². The van der Waals surface area contributed by atoms with Crippen molar-refractivity contribution in [3.63, 3.8) is 0 Å². The highest BCUT2D eigenvalue weighted by Crippen LogP contribution is 2.60. The van der Waals surface area contributed by atoms with Gasteiger partial charge in [-0.1, -0.05) is 6.07 Å². The van der Waals surface area contributed by atoms with Gasteiger partial charge in [-0.15, -0.1) is 0 Å². The van der Waals surface area contributed by atoms with Crippen molar-refractivity contribution < 1.29 is 23.8 Å². The minimum atomic E-state index is -0.384. The summed E-state index contributed by atoms with van der Waals surface area (Å²) in [6.45, 7) is 6.58. The Kier molecular flexibility index (Phi) is 7.75. The summed E-state index contributed by atoms with van der Waals surface area (Å²) in [4.78, 5) is 34.7. The third-order valence-electron chi connectivity index (χ3n) is 9.66. The zero-order valence-corrected chi connectivity index (χ0v) is 24.1. The maximum absolute atomic E-state index is 14.0. The Morgan fingerprint density at radius 2 is 1.80 bits per heavy atom. The van der Waals surface area contributed by atoms with Crippen LogP contribution >= 0.6 is 0 Å². The van der Waals surface area contributed by atoms with Gasteiger partial charge in [-0.05, 0) is 102 Å². The molecule has 1 aliphatic heterocycles. The van der Waals surface area contributed by atoms with E-state index in [1.165, 1.54) is 19.3 Å².